The van der Waals surface area contributed by atoms with Crippen LogP contribution in [0.15, 0.2) is 84.5 Å². The summed E-state index contributed by atoms with van der Waals surface area (Å²) in [6.07, 6.45) is 1.46. The zero-order valence-corrected chi connectivity index (χ0v) is 27.9. The lowest BCUT2D eigenvalue weighted by Crippen LogP contribution is -2.23. The predicted molar refractivity (Wildman–Crippen MR) is 184 cm³/mol. The van der Waals surface area contributed by atoms with E-state index in [1.165, 1.54) is 49.6 Å². The number of carbonyl (C=O) groups excluding carboxylic acids is 1. The van der Waals surface area contributed by atoms with Crippen molar-refractivity contribution in [2.75, 3.05) is 7.11 Å². The summed E-state index contributed by atoms with van der Waals surface area (Å²) in [4.78, 5) is 14.2. The van der Waals surface area contributed by atoms with E-state index in [1.54, 1.807) is 18.2 Å². The van der Waals surface area contributed by atoms with Crippen LogP contribution in [0.2, 0.25) is 0 Å². The molecule has 9 heteroatoms. The van der Waals surface area contributed by atoms with Crippen molar-refractivity contribution in [3.8, 4) is 46.0 Å². The van der Waals surface area contributed by atoms with Gasteiger partial charge >= 0.3 is 0 Å². The molecule has 0 aromatic heterocycles. The maximum atomic E-state index is 14.2. The average Bonchev–Trinajstić information content (AvgIpc) is 3.44. The molecule has 0 fully saturated rings. The van der Waals surface area contributed by atoms with E-state index < -0.39 is 18.1 Å². The fourth-order valence-electron chi connectivity index (χ4n) is 6.85. The van der Waals surface area contributed by atoms with E-state index in [4.69, 9.17) is 14.2 Å². The fraction of sp³-hybridized carbons (Fsp3) is 0.275. The Kier molecular flexibility index (Phi) is 8.94. The van der Waals surface area contributed by atoms with Gasteiger partial charge in [0, 0.05) is 28.8 Å². The highest BCUT2D eigenvalue weighted by atomic mass is 16.5. The Hall–Kier alpha value is -5.57. The van der Waals surface area contributed by atoms with Crippen molar-refractivity contribution in [1.82, 2.24) is 0 Å². The first-order chi connectivity index (χ1) is 23.4. The predicted octanol–water partition coefficient (Wildman–Crippen LogP) is 8.29. The first kappa shape index (κ1) is 33.3. The maximum absolute atomic E-state index is 14.2. The Morgan fingerprint density at radius 3 is 2.18 bits per heavy atom. The number of aromatic hydroxyl groups is 5. The number of hydrogen-bond donors (Lipinski definition) is 5. The molecule has 0 amide bonds. The molecule has 4 atom stereocenters. The minimum Gasteiger partial charge on any atom is -0.508 e. The van der Waals surface area contributed by atoms with Gasteiger partial charge in [-0.05, 0) is 87.1 Å². The average molecular weight is 665 g/mol. The van der Waals surface area contributed by atoms with E-state index in [9.17, 15) is 30.3 Å². The molecule has 0 saturated heterocycles. The van der Waals surface area contributed by atoms with Crippen molar-refractivity contribution >= 4 is 5.78 Å². The highest BCUT2D eigenvalue weighted by molar-refractivity contribution is 6.04. The van der Waals surface area contributed by atoms with Gasteiger partial charge in [-0.25, -0.2) is 0 Å². The van der Waals surface area contributed by atoms with Crippen LogP contribution in [0.3, 0.4) is 0 Å². The summed E-state index contributed by atoms with van der Waals surface area (Å²) in [5.41, 5.74) is 4.65. The van der Waals surface area contributed by atoms with Gasteiger partial charge in [0.05, 0.1) is 19.4 Å². The number of phenols is 5. The molecule has 4 aromatic carbocycles. The Bertz CT molecular complexity index is 1950. The van der Waals surface area contributed by atoms with Gasteiger partial charge in [-0.1, -0.05) is 35.9 Å². The van der Waals surface area contributed by atoms with Gasteiger partial charge < -0.3 is 39.7 Å². The lowest BCUT2D eigenvalue weighted by molar-refractivity contribution is 0.0838. The number of rotatable bonds is 9. The van der Waals surface area contributed by atoms with Crippen LogP contribution >= 0.6 is 0 Å². The number of allylic oxidation sites excluding steroid dienone is 3. The van der Waals surface area contributed by atoms with Gasteiger partial charge in [0.1, 0.15) is 63.8 Å². The quantitative estimate of drug-likeness (QED) is 0.112. The second-order valence-corrected chi connectivity index (χ2v) is 13.1. The minimum absolute atomic E-state index is 0.000520. The number of carbonyl (C=O) groups is 1. The molecule has 0 spiro atoms. The molecule has 2 heterocycles. The van der Waals surface area contributed by atoms with Crippen molar-refractivity contribution in [2.45, 2.75) is 58.2 Å². The van der Waals surface area contributed by atoms with Crippen molar-refractivity contribution in [1.29, 1.82) is 0 Å². The molecular weight excluding hydrogens is 624 g/mol. The Balaban J connectivity index is 1.61. The molecule has 9 nitrogen and oxygen atoms in total. The summed E-state index contributed by atoms with van der Waals surface area (Å²) >= 11 is 0. The summed E-state index contributed by atoms with van der Waals surface area (Å²) in [5.74, 6) is -0.950. The van der Waals surface area contributed by atoms with E-state index in [0.717, 1.165) is 11.1 Å². The van der Waals surface area contributed by atoms with Crippen LogP contribution in [-0.2, 0) is 6.42 Å². The molecule has 0 bridgehead atoms. The molecule has 6 rings (SSSR count). The fourth-order valence-corrected chi connectivity index (χ4v) is 6.85. The summed E-state index contributed by atoms with van der Waals surface area (Å²) in [6, 6.07) is 15.3. The van der Waals surface area contributed by atoms with Gasteiger partial charge in [-0.15, -0.1) is 0 Å². The minimum atomic E-state index is -0.791. The van der Waals surface area contributed by atoms with Crippen molar-refractivity contribution in [2.24, 2.45) is 5.92 Å². The summed E-state index contributed by atoms with van der Waals surface area (Å²) in [5, 5.41) is 53.3. The first-order valence-corrected chi connectivity index (χ1v) is 16.1. The highest BCUT2D eigenvalue weighted by Gasteiger charge is 2.46. The van der Waals surface area contributed by atoms with Gasteiger partial charge in [-0.3, -0.25) is 4.79 Å². The number of fused-ring (bicyclic) bond motifs is 2. The van der Waals surface area contributed by atoms with Crippen LogP contribution in [0.5, 0.6) is 46.0 Å². The lowest BCUT2D eigenvalue weighted by Gasteiger charge is -2.31. The van der Waals surface area contributed by atoms with Crippen molar-refractivity contribution in [3.63, 3.8) is 0 Å². The molecule has 0 radical (unpaired) electrons. The van der Waals surface area contributed by atoms with E-state index in [2.05, 4.69) is 12.7 Å². The largest absolute Gasteiger partial charge is 0.508 e. The van der Waals surface area contributed by atoms with Gasteiger partial charge in [0.15, 0.2) is 5.78 Å². The molecule has 0 aliphatic carbocycles. The monoisotopic (exact) mass is 664 g/mol. The third-order valence-corrected chi connectivity index (χ3v) is 9.31. The first-order valence-electron chi connectivity index (χ1n) is 16.1. The number of hydrogen-bond acceptors (Lipinski definition) is 9. The Labute approximate surface area is 285 Å². The number of methoxy groups -OCH3 is 1. The van der Waals surface area contributed by atoms with Crippen LogP contribution in [0.1, 0.15) is 89.9 Å². The van der Waals surface area contributed by atoms with Crippen LogP contribution in [0, 0.1) is 5.92 Å². The third-order valence-electron chi connectivity index (χ3n) is 9.31. The summed E-state index contributed by atoms with van der Waals surface area (Å²) in [6.45, 7) is 10.3. The second kappa shape index (κ2) is 13.1. The van der Waals surface area contributed by atoms with Crippen LogP contribution in [-0.4, -0.2) is 38.4 Å². The standard InChI is InChI=1S/C40H40O9/c1-20(2)6-7-23(21(3)4)16-30-39-35(31(45)19-33(48-39)29-13-12-26(42)18-32(29)47-5)37(46)36-34(24-14-27(43)17-28(44)15-24)38(49-40(30)36)22-8-10-25(41)11-9-22/h6,8-15,17-18,23,33-34,38,41-44,46H,3,7,16,19H2,1-2,4-5H3/t23-,33-,34+,38+/m1/s1. The zero-order chi connectivity index (χ0) is 35.1. The zero-order valence-electron chi connectivity index (χ0n) is 27.9. The van der Waals surface area contributed by atoms with Crippen LogP contribution in [0.4, 0.5) is 0 Å². The van der Waals surface area contributed by atoms with Gasteiger partial charge in [0.25, 0.3) is 0 Å². The highest BCUT2D eigenvalue weighted by Crippen LogP contribution is 2.60. The molecule has 5 N–H and O–H groups in total. The van der Waals surface area contributed by atoms with Crippen LogP contribution in [0.25, 0.3) is 0 Å². The second-order valence-electron chi connectivity index (χ2n) is 13.1. The molecule has 0 unspecified atom stereocenters. The van der Waals surface area contributed by atoms with E-state index >= 15 is 0 Å². The number of Topliss-reactive ketones (excluding diaryl/α,β-unsaturated/α-hetero) is 1. The Morgan fingerprint density at radius 1 is 0.878 bits per heavy atom. The van der Waals surface area contributed by atoms with Crippen molar-refractivity contribution < 1.29 is 44.5 Å². The molecule has 0 saturated carbocycles. The maximum Gasteiger partial charge on any atom is 0.174 e. The van der Waals surface area contributed by atoms with Crippen LogP contribution < -0.4 is 14.2 Å². The lowest BCUT2D eigenvalue weighted by atomic mass is 9.80. The Morgan fingerprint density at radius 2 is 1.55 bits per heavy atom. The summed E-state index contributed by atoms with van der Waals surface area (Å²) in [7, 11) is 1.47. The topological polar surface area (TPSA) is 146 Å². The summed E-state index contributed by atoms with van der Waals surface area (Å²) < 4.78 is 19.0. The number of ether oxygens (including phenoxy) is 3. The number of benzene rings is 4. The number of phenolic OH excluding ortho intramolecular Hbond substituents is 5. The van der Waals surface area contributed by atoms with Crippen molar-refractivity contribution in [3.05, 3.63) is 118 Å². The molecule has 49 heavy (non-hydrogen) atoms. The van der Waals surface area contributed by atoms with E-state index in [0.29, 0.717) is 52.2 Å². The molecule has 4 aromatic rings. The van der Waals surface area contributed by atoms with Gasteiger partial charge in [0.2, 0.25) is 0 Å². The normalized spacial score (nSPS) is 18.4. The number of ketones is 1. The molecular formula is C40H40O9. The molecule has 2 aliphatic rings. The van der Waals surface area contributed by atoms with E-state index in [-0.39, 0.29) is 58.2 Å². The SMILES string of the molecule is C=C(C)[C@H](CC=C(C)C)Cc1c2c(c(O)c3c1O[C@@H](c1ccc(O)cc1)[C@H]3c1cc(O)cc(O)c1)C(=O)C[C@H](c1ccc(O)cc1OC)O2. The third kappa shape index (κ3) is 6.36. The van der Waals surface area contributed by atoms with Gasteiger partial charge in [-0.2, -0.15) is 0 Å². The molecule has 2 aliphatic heterocycles. The molecule has 254 valence electrons. The van der Waals surface area contributed by atoms with E-state index in [1.807, 2.05) is 20.8 Å². The smallest absolute Gasteiger partial charge is 0.174 e.